The lowest BCUT2D eigenvalue weighted by Crippen LogP contribution is -2.40. The third-order valence-corrected chi connectivity index (χ3v) is 2.71. The van der Waals surface area contributed by atoms with E-state index in [1.165, 1.54) is 29.8 Å². The molecule has 0 amide bonds. The fourth-order valence-electron chi connectivity index (χ4n) is 1.98. The molecule has 1 saturated heterocycles. The highest BCUT2D eigenvalue weighted by Crippen LogP contribution is 2.06. The van der Waals surface area contributed by atoms with Gasteiger partial charge in [0, 0.05) is 26.2 Å². The molecule has 2 rings (SSSR count). The van der Waals surface area contributed by atoms with Crippen molar-refractivity contribution in [3.63, 3.8) is 0 Å². The second kappa shape index (κ2) is 6.66. The first-order chi connectivity index (χ1) is 7.58. The van der Waals surface area contributed by atoms with E-state index in [1.807, 2.05) is 0 Å². The lowest BCUT2D eigenvalue weighted by Gasteiger charge is -2.21. The summed E-state index contributed by atoms with van der Waals surface area (Å²) in [6.45, 7) is 11.1. The number of aryl methyl sites for hydroxylation is 3. The molecule has 2 nitrogen and oxygen atoms in total. The molecule has 0 saturated carbocycles. The van der Waals surface area contributed by atoms with Gasteiger partial charge in [0.1, 0.15) is 0 Å². The molecular formula is C14H24N2. The fourth-order valence-corrected chi connectivity index (χ4v) is 1.98. The highest BCUT2D eigenvalue weighted by Gasteiger charge is 2.01. The van der Waals surface area contributed by atoms with Gasteiger partial charge in [0.25, 0.3) is 0 Å². The first kappa shape index (κ1) is 13.2. The second-order valence-corrected chi connectivity index (χ2v) is 4.72. The average molecular weight is 220 g/mol. The second-order valence-electron chi connectivity index (χ2n) is 4.72. The standard InChI is InChI=1S/C9H12.C5H12N2/c1-7-4-8(2)6-9(3)5-7;1-7-4-2-6-3-5-7/h4-6H,1-3H3;6H,2-5H2,1H3. The Hall–Kier alpha value is -0.860. The van der Waals surface area contributed by atoms with Crippen molar-refractivity contribution in [3.8, 4) is 0 Å². The summed E-state index contributed by atoms with van der Waals surface area (Å²) in [4.78, 5) is 2.33. The van der Waals surface area contributed by atoms with Gasteiger partial charge in [-0.3, -0.25) is 0 Å². The van der Waals surface area contributed by atoms with Crippen LogP contribution in [0.4, 0.5) is 0 Å². The highest BCUT2D eigenvalue weighted by atomic mass is 15.2. The Bertz CT molecular complexity index is 264. The van der Waals surface area contributed by atoms with Crippen LogP contribution in [0.25, 0.3) is 0 Å². The van der Waals surface area contributed by atoms with Crippen LogP contribution in [0.2, 0.25) is 0 Å². The van der Waals surface area contributed by atoms with E-state index in [0.717, 1.165) is 13.1 Å². The molecule has 0 aromatic heterocycles. The van der Waals surface area contributed by atoms with Gasteiger partial charge < -0.3 is 10.2 Å². The zero-order chi connectivity index (χ0) is 12.0. The van der Waals surface area contributed by atoms with E-state index < -0.39 is 0 Å². The molecule has 1 heterocycles. The quantitative estimate of drug-likeness (QED) is 0.720. The van der Waals surface area contributed by atoms with Gasteiger partial charge in [-0.25, -0.2) is 0 Å². The van der Waals surface area contributed by atoms with E-state index in [4.69, 9.17) is 0 Å². The van der Waals surface area contributed by atoms with Crippen LogP contribution < -0.4 is 5.32 Å². The lowest BCUT2D eigenvalue weighted by atomic mass is 10.1. The van der Waals surface area contributed by atoms with Gasteiger partial charge in [-0.1, -0.05) is 34.9 Å². The predicted octanol–water partition coefficient (Wildman–Crippen LogP) is 2.13. The van der Waals surface area contributed by atoms with E-state index in [0.29, 0.717) is 0 Å². The van der Waals surface area contributed by atoms with E-state index in [9.17, 15) is 0 Å². The van der Waals surface area contributed by atoms with E-state index >= 15 is 0 Å². The number of hydrogen-bond acceptors (Lipinski definition) is 2. The molecule has 0 unspecified atom stereocenters. The van der Waals surface area contributed by atoms with E-state index in [-0.39, 0.29) is 0 Å². The molecule has 0 radical (unpaired) electrons. The number of rotatable bonds is 0. The van der Waals surface area contributed by atoms with Gasteiger partial charge in [-0.05, 0) is 27.8 Å². The summed E-state index contributed by atoms with van der Waals surface area (Å²) < 4.78 is 0. The Kier molecular flexibility index (Phi) is 5.50. The summed E-state index contributed by atoms with van der Waals surface area (Å²) in [6.07, 6.45) is 0. The van der Waals surface area contributed by atoms with Gasteiger partial charge in [0.2, 0.25) is 0 Å². The SMILES string of the molecule is CN1CCNCC1.Cc1cc(C)cc(C)c1. The minimum Gasteiger partial charge on any atom is -0.314 e. The fraction of sp³-hybridized carbons (Fsp3) is 0.571. The summed E-state index contributed by atoms with van der Waals surface area (Å²) in [5.41, 5.74) is 4.06. The van der Waals surface area contributed by atoms with Crippen LogP contribution in [-0.4, -0.2) is 38.1 Å². The van der Waals surface area contributed by atoms with Crippen LogP contribution in [0.1, 0.15) is 16.7 Å². The number of nitrogens with zero attached hydrogens (tertiary/aromatic N) is 1. The average Bonchev–Trinajstić information content (AvgIpc) is 2.17. The van der Waals surface area contributed by atoms with Crippen molar-refractivity contribution >= 4 is 0 Å². The van der Waals surface area contributed by atoms with Crippen molar-refractivity contribution in [2.45, 2.75) is 20.8 Å². The van der Waals surface area contributed by atoms with E-state index in [1.54, 1.807) is 0 Å². The molecule has 2 heteroatoms. The highest BCUT2D eigenvalue weighted by molar-refractivity contribution is 5.27. The molecule has 1 aliphatic heterocycles. The Morgan fingerprint density at radius 2 is 1.25 bits per heavy atom. The van der Waals surface area contributed by atoms with Crippen molar-refractivity contribution < 1.29 is 0 Å². The monoisotopic (exact) mass is 220 g/mol. The molecule has 1 aromatic carbocycles. The van der Waals surface area contributed by atoms with Crippen molar-refractivity contribution in [3.05, 3.63) is 34.9 Å². The summed E-state index contributed by atoms with van der Waals surface area (Å²) >= 11 is 0. The van der Waals surface area contributed by atoms with Crippen LogP contribution in [0.15, 0.2) is 18.2 Å². The molecule has 0 spiro atoms. The Morgan fingerprint density at radius 1 is 0.875 bits per heavy atom. The van der Waals surface area contributed by atoms with Crippen molar-refractivity contribution in [1.29, 1.82) is 0 Å². The summed E-state index contributed by atoms with van der Waals surface area (Å²) in [5.74, 6) is 0. The van der Waals surface area contributed by atoms with Crippen molar-refractivity contribution in [2.24, 2.45) is 0 Å². The molecule has 90 valence electrons. The Balaban J connectivity index is 0.000000165. The van der Waals surface area contributed by atoms with Crippen LogP contribution >= 0.6 is 0 Å². The molecule has 1 aliphatic rings. The Morgan fingerprint density at radius 3 is 1.50 bits per heavy atom. The van der Waals surface area contributed by atoms with Crippen LogP contribution in [-0.2, 0) is 0 Å². The third kappa shape index (κ3) is 5.29. The van der Waals surface area contributed by atoms with Crippen molar-refractivity contribution in [1.82, 2.24) is 10.2 Å². The molecule has 16 heavy (non-hydrogen) atoms. The maximum Gasteiger partial charge on any atom is 0.0104 e. The smallest absolute Gasteiger partial charge is 0.0104 e. The molecule has 0 bridgehead atoms. The zero-order valence-corrected chi connectivity index (χ0v) is 11.0. The van der Waals surface area contributed by atoms with Gasteiger partial charge in [0.15, 0.2) is 0 Å². The zero-order valence-electron chi connectivity index (χ0n) is 11.0. The summed E-state index contributed by atoms with van der Waals surface area (Å²) in [6, 6.07) is 6.56. The largest absolute Gasteiger partial charge is 0.314 e. The molecule has 1 fully saturated rings. The van der Waals surface area contributed by atoms with Gasteiger partial charge in [-0.2, -0.15) is 0 Å². The van der Waals surface area contributed by atoms with Crippen molar-refractivity contribution in [2.75, 3.05) is 33.2 Å². The number of piperazine rings is 1. The number of likely N-dealkylation sites (N-methyl/N-ethyl adjacent to an activating group) is 1. The number of hydrogen-bond donors (Lipinski definition) is 1. The summed E-state index contributed by atoms with van der Waals surface area (Å²) in [7, 11) is 2.15. The molecule has 0 atom stereocenters. The van der Waals surface area contributed by atoms with Gasteiger partial charge in [-0.15, -0.1) is 0 Å². The molecule has 1 aromatic rings. The van der Waals surface area contributed by atoms with Gasteiger partial charge in [0.05, 0.1) is 0 Å². The van der Waals surface area contributed by atoms with Crippen LogP contribution in [0.3, 0.4) is 0 Å². The molecular weight excluding hydrogens is 196 g/mol. The maximum absolute atomic E-state index is 3.27. The lowest BCUT2D eigenvalue weighted by molar-refractivity contribution is 0.291. The van der Waals surface area contributed by atoms with Crippen LogP contribution in [0, 0.1) is 20.8 Å². The predicted molar refractivity (Wildman–Crippen MR) is 71.0 cm³/mol. The first-order valence-electron chi connectivity index (χ1n) is 6.02. The molecule has 1 N–H and O–H groups in total. The third-order valence-electron chi connectivity index (χ3n) is 2.71. The molecule has 0 aliphatic carbocycles. The topological polar surface area (TPSA) is 15.3 Å². The maximum atomic E-state index is 3.27. The Labute approximate surface area is 99.7 Å². The van der Waals surface area contributed by atoms with E-state index in [2.05, 4.69) is 56.2 Å². The minimum absolute atomic E-state index is 1.16. The number of nitrogens with one attached hydrogen (secondary N) is 1. The summed E-state index contributed by atoms with van der Waals surface area (Å²) in [5, 5.41) is 3.27. The normalized spacial score (nSPS) is 16.5. The first-order valence-corrected chi connectivity index (χ1v) is 6.02. The van der Waals surface area contributed by atoms with Gasteiger partial charge >= 0.3 is 0 Å². The van der Waals surface area contributed by atoms with Crippen LogP contribution in [0.5, 0.6) is 0 Å². The number of benzene rings is 1. The minimum atomic E-state index is 1.16.